The van der Waals surface area contributed by atoms with Crippen LogP contribution in [0.3, 0.4) is 0 Å². The molecule has 0 saturated carbocycles. The molecule has 0 bridgehead atoms. The molecule has 24 heavy (non-hydrogen) atoms. The van der Waals surface area contributed by atoms with E-state index in [-0.39, 0.29) is 0 Å². The van der Waals surface area contributed by atoms with Gasteiger partial charge >= 0.3 is 0 Å². The number of guanidine groups is 1. The maximum absolute atomic E-state index is 4.58. The SMILES string of the molecule is CCc1cnc(CNC(=NC)N(C)Cc2cn(C)nc2C(C)C)s1. The number of hydrogen-bond acceptors (Lipinski definition) is 4. The lowest BCUT2D eigenvalue weighted by atomic mass is 10.1. The molecule has 0 fully saturated rings. The molecule has 2 heterocycles. The van der Waals surface area contributed by atoms with Crippen molar-refractivity contribution in [2.75, 3.05) is 14.1 Å². The van der Waals surface area contributed by atoms with Gasteiger partial charge in [0.05, 0.1) is 12.2 Å². The maximum atomic E-state index is 4.58. The van der Waals surface area contributed by atoms with Gasteiger partial charge in [-0.25, -0.2) is 4.98 Å². The Labute approximate surface area is 148 Å². The van der Waals surface area contributed by atoms with Crippen molar-refractivity contribution in [1.29, 1.82) is 0 Å². The third-order valence-corrected chi connectivity index (χ3v) is 4.95. The molecule has 1 N–H and O–H groups in total. The van der Waals surface area contributed by atoms with Crippen LogP contribution in [0.25, 0.3) is 0 Å². The summed E-state index contributed by atoms with van der Waals surface area (Å²) < 4.78 is 1.89. The summed E-state index contributed by atoms with van der Waals surface area (Å²) in [5, 5.41) is 9.06. The first kappa shape index (κ1) is 18.4. The highest BCUT2D eigenvalue weighted by atomic mass is 32.1. The summed E-state index contributed by atoms with van der Waals surface area (Å²) in [6, 6.07) is 0. The number of hydrogen-bond donors (Lipinski definition) is 1. The van der Waals surface area contributed by atoms with Crippen LogP contribution in [0.1, 0.15) is 47.8 Å². The number of nitrogens with one attached hydrogen (secondary N) is 1. The molecular formula is C17H28N6S. The van der Waals surface area contributed by atoms with Crippen molar-refractivity contribution in [3.05, 3.63) is 33.5 Å². The van der Waals surface area contributed by atoms with Gasteiger partial charge in [0.15, 0.2) is 5.96 Å². The van der Waals surface area contributed by atoms with Crippen molar-refractivity contribution < 1.29 is 0 Å². The van der Waals surface area contributed by atoms with Crippen LogP contribution in [0, 0.1) is 0 Å². The van der Waals surface area contributed by atoms with E-state index in [1.54, 1.807) is 11.3 Å². The van der Waals surface area contributed by atoms with E-state index in [2.05, 4.69) is 52.3 Å². The van der Waals surface area contributed by atoms with Gasteiger partial charge in [-0.1, -0.05) is 20.8 Å². The number of rotatable bonds is 6. The molecule has 0 spiro atoms. The van der Waals surface area contributed by atoms with Crippen LogP contribution in [0.5, 0.6) is 0 Å². The Balaban J connectivity index is 2.00. The minimum atomic E-state index is 0.410. The van der Waals surface area contributed by atoms with E-state index in [1.165, 1.54) is 10.4 Å². The molecule has 2 rings (SSSR count). The smallest absolute Gasteiger partial charge is 0.194 e. The van der Waals surface area contributed by atoms with Crippen LogP contribution in [0.4, 0.5) is 0 Å². The van der Waals surface area contributed by atoms with E-state index in [9.17, 15) is 0 Å². The zero-order valence-electron chi connectivity index (χ0n) is 15.5. The molecule has 0 radical (unpaired) electrons. The average Bonchev–Trinajstić information content (AvgIpc) is 3.14. The number of nitrogens with zero attached hydrogens (tertiary/aromatic N) is 5. The van der Waals surface area contributed by atoms with Crippen LogP contribution in [0.2, 0.25) is 0 Å². The molecule has 0 aliphatic heterocycles. The van der Waals surface area contributed by atoms with Gasteiger partial charge in [0.2, 0.25) is 0 Å². The third-order valence-electron chi connectivity index (χ3n) is 3.81. The Morgan fingerprint density at radius 2 is 2.21 bits per heavy atom. The van der Waals surface area contributed by atoms with Gasteiger partial charge in [-0.05, 0) is 12.3 Å². The highest BCUT2D eigenvalue weighted by Crippen LogP contribution is 2.18. The standard InChI is InChI=1S/C17H28N6S/c1-7-14-8-19-15(24-14)9-20-17(18-4)22(5)10-13-11-23(6)21-16(13)12(2)3/h8,11-12H,7,9-10H2,1-6H3,(H,18,20). The van der Waals surface area contributed by atoms with E-state index in [1.807, 2.05) is 32.0 Å². The molecule has 0 aliphatic rings. The largest absolute Gasteiger partial charge is 0.350 e. The lowest BCUT2D eigenvalue weighted by Gasteiger charge is -2.22. The fourth-order valence-corrected chi connectivity index (χ4v) is 3.43. The summed E-state index contributed by atoms with van der Waals surface area (Å²) >= 11 is 1.75. The van der Waals surface area contributed by atoms with Crippen LogP contribution in [-0.2, 0) is 26.6 Å². The van der Waals surface area contributed by atoms with E-state index in [0.29, 0.717) is 12.5 Å². The monoisotopic (exact) mass is 348 g/mol. The second kappa shape index (κ2) is 8.28. The van der Waals surface area contributed by atoms with Gasteiger partial charge in [0.1, 0.15) is 5.01 Å². The number of aryl methyl sites for hydroxylation is 2. The van der Waals surface area contributed by atoms with Crippen molar-refractivity contribution in [3.8, 4) is 0 Å². The number of aromatic nitrogens is 3. The zero-order valence-corrected chi connectivity index (χ0v) is 16.3. The predicted molar refractivity (Wildman–Crippen MR) is 100 cm³/mol. The van der Waals surface area contributed by atoms with Crippen LogP contribution < -0.4 is 5.32 Å². The first-order valence-electron chi connectivity index (χ1n) is 8.32. The van der Waals surface area contributed by atoms with Gasteiger partial charge < -0.3 is 10.2 Å². The van der Waals surface area contributed by atoms with Crippen molar-refractivity contribution in [3.63, 3.8) is 0 Å². The Kier molecular flexibility index (Phi) is 6.36. The summed E-state index contributed by atoms with van der Waals surface area (Å²) in [6.45, 7) is 7.97. The molecule has 0 unspecified atom stereocenters. The summed E-state index contributed by atoms with van der Waals surface area (Å²) in [5.41, 5.74) is 2.38. The van der Waals surface area contributed by atoms with Crippen LogP contribution in [0.15, 0.2) is 17.4 Å². The molecule has 6 nitrogen and oxygen atoms in total. The molecule has 7 heteroatoms. The first-order chi connectivity index (χ1) is 11.4. The molecule has 2 aromatic heterocycles. The van der Waals surface area contributed by atoms with Crippen LogP contribution >= 0.6 is 11.3 Å². The summed E-state index contributed by atoms with van der Waals surface area (Å²) in [4.78, 5) is 12.3. The molecule has 132 valence electrons. The highest BCUT2D eigenvalue weighted by Gasteiger charge is 2.15. The molecule has 0 atom stereocenters. The lowest BCUT2D eigenvalue weighted by molar-refractivity contribution is 0.473. The zero-order chi connectivity index (χ0) is 17.7. The van der Waals surface area contributed by atoms with Gasteiger partial charge in [0.25, 0.3) is 0 Å². The maximum Gasteiger partial charge on any atom is 0.194 e. The average molecular weight is 349 g/mol. The minimum absolute atomic E-state index is 0.410. The molecule has 0 amide bonds. The molecule has 0 aliphatic carbocycles. The summed E-state index contributed by atoms with van der Waals surface area (Å²) in [7, 11) is 5.83. The van der Waals surface area contributed by atoms with Crippen LogP contribution in [-0.4, -0.2) is 39.7 Å². The van der Waals surface area contributed by atoms with Crippen molar-refractivity contribution in [2.45, 2.75) is 46.2 Å². The van der Waals surface area contributed by atoms with Crippen molar-refractivity contribution in [1.82, 2.24) is 25.0 Å². The van der Waals surface area contributed by atoms with Gasteiger partial charge in [-0.15, -0.1) is 11.3 Å². The summed E-state index contributed by atoms with van der Waals surface area (Å²) in [5.74, 6) is 1.27. The normalized spacial score (nSPS) is 12.0. The number of thiazole rings is 1. The van der Waals surface area contributed by atoms with E-state index in [4.69, 9.17) is 0 Å². The van der Waals surface area contributed by atoms with E-state index >= 15 is 0 Å². The first-order valence-corrected chi connectivity index (χ1v) is 9.14. The topological polar surface area (TPSA) is 58.3 Å². The summed E-state index contributed by atoms with van der Waals surface area (Å²) in [6.07, 6.45) is 5.08. The van der Waals surface area contributed by atoms with Gasteiger partial charge in [-0.3, -0.25) is 9.67 Å². The Morgan fingerprint density at radius 3 is 2.79 bits per heavy atom. The fourth-order valence-electron chi connectivity index (χ4n) is 2.63. The van der Waals surface area contributed by atoms with Crippen molar-refractivity contribution in [2.24, 2.45) is 12.0 Å². The second-order valence-electron chi connectivity index (χ2n) is 6.20. The minimum Gasteiger partial charge on any atom is -0.350 e. The lowest BCUT2D eigenvalue weighted by Crippen LogP contribution is -2.38. The van der Waals surface area contributed by atoms with Gasteiger partial charge in [-0.2, -0.15) is 5.10 Å². The molecule has 2 aromatic rings. The predicted octanol–water partition coefficient (Wildman–Crippen LogP) is 2.77. The van der Waals surface area contributed by atoms with E-state index < -0.39 is 0 Å². The third kappa shape index (κ3) is 4.56. The highest BCUT2D eigenvalue weighted by molar-refractivity contribution is 7.11. The Hall–Kier alpha value is -1.89. The van der Waals surface area contributed by atoms with E-state index in [0.717, 1.165) is 29.6 Å². The quantitative estimate of drug-likeness (QED) is 0.644. The molecular weight excluding hydrogens is 320 g/mol. The Bertz CT molecular complexity index is 685. The molecule has 0 aromatic carbocycles. The Morgan fingerprint density at radius 1 is 1.46 bits per heavy atom. The molecule has 0 saturated heterocycles. The van der Waals surface area contributed by atoms with Gasteiger partial charge in [0, 0.05) is 50.5 Å². The fraction of sp³-hybridized carbons (Fsp3) is 0.588. The second-order valence-corrected chi connectivity index (χ2v) is 7.40. The van der Waals surface area contributed by atoms with Crippen molar-refractivity contribution >= 4 is 17.3 Å². The number of aliphatic imine (C=N–C) groups is 1.